The number of rotatable bonds is 3. The molecule has 0 radical (unpaired) electrons. The summed E-state index contributed by atoms with van der Waals surface area (Å²) in [5.74, 6) is 1.36. The number of benzene rings is 2. The van der Waals surface area contributed by atoms with Crippen LogP contribution in [0.25, 0.3) is 0 Å². The maximum Gasteiger partial charge on any atom is 0.273 e. The van der Waals surface area contributed by atoms with E-state index in [1.54, 1.807) is 13.0 Å². The molecule has 11 heteroatoms. The monoisotopic (exact) mass is 515 g/mol. The van der Waals surface area contributed by atoms with Gasteiger partial charge in [-0.25, -0.2) is 5.01 Å². The summed E-state index contributed by atoms with van der Waals surface area (Å²) in [6.07, 6.45) is 0.696. The molecule has 1 atom stereocenters. The predicted octanol–water partition coefficient (Wildman–Crippen LogP) is 4.76. The van der Waals surface area contributed by atoms with Crippen LogP contribution in [0, 0.1) is 24.0 Å². The fraction of sp³-hybridized carbons (Fsp3) is 0.286. The zero-order valence-corrected chi connectivity index (χ0v) is 19.9. The van der Waals surface area contributed by atoms with Crippen molar-refractivity contribution >= 4 is 43.8 Å². The maximum absolute atomic E-state index is 11.4. The minimum absolute atomic E-state index is 0.00288. The van der Waals surface area contributed by atoms with Crippen LogP contribution in [0.1, 0.15) is 34.2 Å². The molecule has 0 fully saturated rings. The van der Waals surface area contributed by atoms with Gasteiger partial charge in [-0.2, -0.15) is 5.10 Å². The third kappa shape index (κ3) is 3.41. The van der Waals surface area contributed by atoms with Crippen LogP contribution in [-0.4, -0.2) is 33.7 Å². The van der Waals surface area contributed by atoms with Crippen molar-refractivity contribution in [2.75, 3.05) is 11.8 Å². The van der Waals surface area contributed by atoms with Crippen LogP contribution in [-0.2, 0) is 6.42 Å². The number of fused-ring (bicyclic) bond motifs is 2. The lowest BCUT2D eigenvalue weighted by Gasteiger charge is -2.22. The number of nitrogens with zero attached hydrogens (tertiary/aromatic N) is 5. The van der Waals surface area contributed by atoms with Crippen LogP contribution < -0.4 is 14.5 Å². The first-order valence-electron chi connectivity index (χ1n) is 9.88. The fourth-order valence-electron chi connectivity index (χ4n) is 3.90. The first-order chi connectivity index (χ1) is 15.3. The summed E-state index contributed by atoms with van der Waals surface area (Å²) < 4.78 is 11.8. The number of nitro benzene ring substituents is 1. The minimum atomic E-state index is -0.386. The Morgan fingerprint density at radius 3 is 2.62 bits per heavy atom. The van der Waals surface area contributed by atoms with E-state index in [2.05, 4.69) is 33.1 Å². The highest BCUT2D eigenvalue weighted by Crippen LogP contribution is 2.40. The van der Waals surface area contributed by atoms with Gasteiger partial charge in [0.05, 0.1) is 16.7 Å². The van der Waals surface area contributed by atoms with Crippen molar-refractivity contribution in [1.82, 2.24) is 10.2 Å². The molecule has 9 nitrogen and oxygen atoms in total. The van der Waals surface area contributed by atoms with Gasteiger partial charge in [-0.05, 0) is 66.9 Å². The Kier molecular flexibility index (Phi) is 5.09. The molecule has 2 aromatic carbocycles. The number of hydrogen-bond donors (Lipinski definition) is 0. The van der Waals surface area contributed by atoms with Gasteiger partial charge in [0.1, 0.15) is 5.01 Å². The quantitative estimate of drug-likeness (QED) is 0.365. The van der Waals surface area contributed by atoms with Gasteiger partial charge in [-0.1, -0.05) is 11.3 Å². The van der Waals surface area contributed by atoms with E-state index in [4.69, 9.17) is 14.6 Å². The Morgan fingerprint density at radius 1 is 1.19 bits per heavy atom. The number of ether oxygens (including phenoxy) is 2. The van der Waals surface area contributed by atoms with E-state index in [9.17, 15) is 10.1 Å². The molecule has 0 saturated heterocycles. The second kappa shape index (κ2) is 7.82. The van der Waals surface area contributed by atoms with Gasteiger partial charge in [-0.15, -0.1) is 10.2 Å². The molecule has 2 aliphatic rings. The average molecular weight is 516 g/mol. The number of nitro groups is 1. The van der Waals surface area contributed by atoms with Crippen molar-refractivity contribution in [3.8, 4) is 11.5 Å². The first kappa shape index (κ1) is 20.8. The van der Waals surface area contributed by atoms with E-state index in [-0.39, 0.29) is 23.4 Å². The van der Waals surface area contributed by atoms with Crippen molar-refractivity contribution in [2.24, 2.45) is 5.10 Å². The predicted molar refractivity (Wildman–Crippen MR) is 124 cm³/mol. The Balaban J connectivity index is 1.75. The molecule has 0 N–H and O–H groups in total. The molecule has 0 bridgehead atoms. The van der Waals surface area contributed by atoms with Gasteiger partial charge in [-0.3, -0.25) is 10.1 Å². The molecule has 3 aromatic rings. The maximum atomic E-state index is 11.4. The van der Waals surface area contributed by atoms with E-state index in [1.807, 2.05) is 24.1 Å². The summed E-state index contributed by atoms with van der Waals surface area (Å²) >= 11 is 5.05. The standard InChI is InChI=1S/C21H18BrN5O4S/c1-10-6-13-7-17-18(31-9-30-17)8-15(13)20(25-26(10)21-24-23-12(3)32-21)14-4-5-16(27(28)29)11(2)19(14)22/h4-5,7-8,10H,6,9H2,1-3H3. The molecule has 0 spiro atoms. The van der Waals surface area contributed by atoms with Crippen molar-refractivity contribution in [1.29, 1.82) is 0 Å². The van der Waals surface area contributed by atoms with Crippen molar-refractivity contribution in [3.05, 3.63) is 66.1 Å². The van der Waals surface area contributed by atoms with Crippen LogP contribution in [0.2, 0.25) is 0 Å². The number of aromatic nitrogens is 2. The van der Waals surface area contributed by atoms with Crippen molar-refractivity contribution in [2.45, 2.75) is 33.2 Å². The van der Waals surface area contributed by atoms with Crippen molar-refractivity contribution < 1.29 is 14.4 Å². The number of anilines is 1. The lowest BCUT2D eigenvalue weighted by atomic mass is 9.93. The zero-order chi connectivity index (χ0) is 22.6. The first-order valence-corrected chi connectivity index (χ1v) is 11.5. The largest absolute Gasteiger partial charge is 0.454 e. The summed E-state index contributed by atoms with van der Waals surface area (Å²) in [5.41, 5.74) is 3.93. The molecule has 1 aromatic heterocycles. The van der Waals surface area contributed by atoms with Gasteiger partial charge in [0.15, 0.2) is 11.5 Å². The number of halogens is 1. The van der Waals surface area contributed by atoms with E-state index in [0.717, 1.165) is 21.7 Å². The van der Waals surface area contributed by atoms with E-state index < -0.39 is 0 Å². The normalized spacial score (nSPS) is 17.1. The number of aryl methyl sites for hydroxylation is 1. The smallest absolute Gasteiger partial charge is 0.273 e. The van der Waals surface area contributed by atoms with Crippen LogP contribution >= 0.6 is 27.3 Å². The molecule has 0 amide bonds. The summed E-state index contributed by atoms with van der Waals surface area (Å²) in [6, 6.07) is 7.16. The Morgan fingerprint density at radius 2 is 1.94 bits per heavy atom. The van der Waals surface area contributed by atoms with Crippen LogP contribution in [0.4, 0.5) is 10.8 Å². The van der Waals surface area contributed by atoms with Gasteiger partial charge >= 0.3 is 0 Å². The summed E-state index contributed by atoms with van der Waals surface area (Å²) in [5, 5.41) is 28.3. The van der Waals surface area contributed by atoms with Crippen LogP contribution in [0.15, 0.2) is 33.8 Å². The molecule has 3 heterocycles. The molecular formula is C21H18BrN5O4S. The zero-order valence-electron chi connectivity index (χ0n) is 17.5. The lowest BCUT2D eigenvalue weighted by Crippen LogP contribution is -2.29. The summed E-state index contributed by atoms with van der Waals surface area (Å²) in [6.45, 7) is 5.88. The van der Waals surface area contributed by atoms with E-state index in [0.29, 0.717) is 38.8 Å². The molecular weight excluding hydrogens is 498 g/mol. The van der Waals surface area contributed by atoms with Gasteiger partial charge in [0.2, 0.25) is 11.9 Å². The molecule has 0 aliphatic carbocycles. The van der Waals surface area contributed by atoms with Crippen LogP contribution in [0.3, 0.4) is 0 Å². The van der Waals surface area contributed by atoms with Gasteiger partial charge in [0, 0.05) is 27.2 Å². The van der Waals surface area contributed by atoms with Crippen LogP contribution in [0.5, 0.6) is 11.5 Å². The average Bonchev–Trinajstić information content (AvgIpc) is 3.35. The van der Waals surface area contributed by atoms with E-state index >= 15 is 0 Å². The summed E-state index contributed by atoms with van der Waals surface area (Å²) in [7, 11) is 0. The topological polar surface area (TPSA) is 103 Å². The lowest BCUT2D eigenvalue weighted by molar-refractivity contribution is -0.385. The van der Waals surface area contributed by atoms with Crippen molar-refractivity contribution in [3.63, 3.8) is 0 Å². The Hall–Kier alpha value is -3.05. The SMILES string of the molecule is Cc1nnc(N2N=C(c3ccc([N+](=O)[O-])c(C)c3Br)c3cc4c(cc3CC2C)OCO4)s1. The molecule has 5 rings (SSSR count). The highest BCUT2D eigenvalue weighted by Gasteiger charge is 2.30. The number of hydrazone groups is 1. The second-order valence-corrected chi connectivity index (χ2v) is 9.59. The minimum Gasteiger partial charge on any atom is -0.454 e. The molecule has 2 aliphatic heterocycles. The number of hydrogen-bond acceptors (Lipinski definition) is 9. The highest BCUT2D eigenvalue weighted by atomic mass is 79.9. The summed E-state index contributed by atoms with van der Waals surface area (Å²) in [4.78, 5) is 11.0. The third-order valence-electron chi connectivity index (χ3n) is 5.52. The van der Waals surface area contributed by atoms with Gasteiger partial charge < -0.3 is 9.47 Å². The molecule has 0 saturated carbocycles. The molecule has 164 valence electrons. The highest BCUT2D eigenvalue weighted by molar-refractivity contribution is 9.10. The van der Waals surface area contributed by atoms with E-state index in [1.165, 1.54) is 17.4 Å². The van der Waals surface area contributed by atoms with Gasteiger partial charge in [0.25, 0.3) is 5.69 Å². The fourth-order valence-corrected chi connectivity index (χ4v) is 5.17. The third-order valence-corrected chi connectivity index (χ3v) is 7.37. The Labute approximate surface area is 196 Å². The molecule has 32 heavy (non-hydrogen) atoms. The second-order valence-electron chi connectivity index (χ2n) is 7.64. The molecule has 1 unspecified atom stereocenters. The Bertz CT molecular complexity index is 1290.